The minimum absolute atomic E-state index is 0. The van der Waals surface area contributed by atoms with Crippen molar-refractivity contribution in [2.75, 3.05) is 6.61 Å². The first kappa shape index (κ1) is 47.8. The van der Waals surface area contributed by atoms with Gasteiger partial charge in [-0.1, -0.05) is 120 Å². The molecule has 62 heavy (non-hydrogen) atoms. The number of carbonyl (C=O) groups excluding carboxylic acids is 1. The summed E-state index contributed by atoms with van der Waals surface area (Å²) in [5.41, 5.74) is 6.86. The first-order valence-corrected chi connectivity index (χ1v) is 24.2. The van der Waals surface area contributed by atoms with E-state index in [-0.39, 0.29) is 90.6 Å². The first-order valence-electron chi connectivity index (χ1n) is 22.3. The maximum atomic E-state index is 13.5. The zero-order valence-corrected chi connectivity index (χ0v) is 39.0. The van der Waals surface area contributed by atoms with Crippen LogP contribution in [0.15, 0.2) is 113 Å². The average Bonchev–Trinajstić information content (AvgIpc) is 3.71. The number of aliphatic hydroxyl groups is 1. The normalized spacial score (nSPS) is 31.7. The van der Waals surface area contributed by atoms with Crippen LogP contribution in [-0.4, -0.2) is 79.8 Å². The van der Waals surface area contributed by atoms with Crippen LogP contribution in [-0.2, 0) is 28.2 Å². The highest BCUT2D eigenvalue weighted by Gasteiger charge is 2.53. The molecule has 5 heterocycles. The van der Waals surface area contributed by atoms with Crippen LogP contribution in [0.1, 0.15) is 104 Å². The van der Waals surface area contributed by atoms with Gasteiger partial charge in [0.2, 0.25) is 5.89 Å². The van der Waals surface area contributed by atoms with Crippen LogP contribution < -0.4 is 28.5 Å². The summed E-state index contributed by atoms with van der Waals surface area (Å²) >= 11 is 0. The summed E-state index contributed by atoms with van der Waals surface area (Å²) in [6.07, 6.45) is 13.7. The Morgan fingerprint density at radius 3 is 2.24 bits per heavy atom. The number of fused-ring (bicyclic) bond motifs is 9. The lowest BCUT2D eigenvalue weighted by atomic mass is 9.79. The standard InChI is InChI=1S/C50H66N2O8Si.ClH/c1-32-24-37-16-14-23-47(54)59-49-34(3)44(58-48(35(49)4)33(2)26-36(51)30-53)21-15-22-46-52-43(31-55-46)45-29-40(28-39(57-45)27-38(25-32)56-37)60-61(50(5,6)7,41-17-10-8-11-18-41)42-19-12-9-13-20-42;/h8-15,17-20,22-23,26,31,34-40,44-45,48-49,53H,1,16,21,24-25,27-30,51H2,2-7H3;1H/b22-15+,23-14-,33-26+;/t34-,35-,36+,37-,38+,39+,40+,44+,45+,48-,49-;/m0./s1. The Balaban J connectivity index is 0.00000641. The predicted molar refractivity (Wildman–Crippen MR) is 239 cm³/mol. The number of hydrogen-bond acceptors (Lipinski definition) is 9. The van der Waals surface area contributed by atoms with E-state index in [1.807, 2.05) is 31.2 Å². The second-order valence-corrected chi connectivity index (χ2v) is 23.1. The summed E-state index contributed by atoms with van der Waals surface area (Å²) < 4.78 is 40.6. The van der Waals surface area contributed by atoms with Crippen molar-refractivity contribution in [2.45, 2.75) is 146 Å². The van der Waals surface area contributed by atoms with E-state index < -0.39 is 14.4 Å². The Bertz CT molecular complexity index is 1990. The van der Waals surface area contributed by atoms with Crippen molar-refractivity contribution in [1.29, 1.82) is 0 Å². The molecular weight excluding hydrogens is 820 g/mol. The molecule has 10 nitrogen and oxygen atoms in total. The minimum atomic E-state index is -2.88. The summed E-state index contributed by atoms with van der Waals surface area (Å²) in [6, 6.07) is 21.3. The fourth-order valence-corrected chi connectivity index (χ4v) is 14.9. The number of aliphatic hydroxyl groups excluding tert-OH is 1. The van der Waals surface area contributed by atoms with E-state index in [0.717, 1.165) is 29.7 Å². The van der Waals surface area contributed by atoms with Gasteiger partial charge in [0.25, 0.3) is 8.32 Å². The van der Waals surface area contributed by atoms with Gasteiger partial charge < -0.3 is 51.0 Å². The van der Waals surface area contributed by atoms with Crippen LogP contribution >= 0.6 is 0 Å². The highest BCUT2D eigenvalue weighted by molar-refractivity contribution is 6.99. The van der Waals surface area contributed by atoms with E-state index in [0.29, 0.717) is 38.0 Å². The van der Waals surface area contributed by atoms with Crippen molar-refractivity contribution in [1.82, 2.24) is 4.98 Å². The molecule has 336 valence electrons. The largest absolute Gasteiger partial charge is 1.00 e. The van der Waals surface area contributed by atoms with Gasteiger partial charge in [-0.25, -0.2) is 9.78 Å². The summed E-state index contributed by atoms with van der Waals surface area (Å²) in [6.45, 7) is 17.4. The molecule has 7 rings (SSSR count). The molecule has 0 unspecified atom stereocenters. The van der Waals surface area contributed by atoms with Crippen molar-refractivity contribution in [3.05, 3.63) is 121 Å². The van der Waals surface area contributed by atoms with E-state index in [4.69, 9.17) is 32.8 Å². The third-order valence-corrected chi connectivity index (χ3v) is 18.2. The molecule has 8 bridgehead atoms. The highest BCUT2D eigenvalue weighted by atomic mass is 35.5. The van der Waals surface area contributed by atoms with Gasteiger partial charge in [0.05, 0.1) is 43.2 Å². The monoisotopic (exact) mass is 886 g/mol. The van der Waals surface area contributed by atoms with E-state index in [2.05, 4.69) is 108 Å². The molecular formula is C50H67ClN2O8Si. The molecule has 0 aliphatic carbocycles. The zero-order valence-electron chi connectivity index (χ0n) is 37.3. The van der Waals surface area contributed by atoms with Gasteiger partial charge in [-0.2, -0.15) is 0 Å². The van der Waals surface area contributed by atoms with Gasteiger partial charge in [-0.15, -0.1) is 0 Å². The average molecular weight is 888 g/mol. The molecule has 4 aliphatic heterocycles. The molecule has 11 atom stereocenters. The van der Waals surface area contributed by atoms with Gasteiger partial charge in [-0.05, 0) is 72.2 Å². The van der Waals surface area contributed by atoms with Crippen molar-refractivity contribution in [3.63, 3.8) is 0 Å². The van der Waals surface area contributed by atoms with E-state index in [1.54, 1.807) is 12.3 Å². The third kappa shape index (κ3) is 11.0. The molecule has 3 fully saturated rings. The molecule has 4 N–H and O–H groups in total. The number of nitrogens with zero attached hydrogens (tertiary/aromatic N) is 1. The number of quaternary nitrogens is 1. The number of rotatable bonds is 7. The van der Waals surface area contributed by atoms with Gasteiger partial charge in [0.1, 0.15) is 30.2 Å². The van der Waals surface area contributed by atoms with Gasteiger partial charge in [0, 0.05) is 30.8 Å². The summed E-state index contributed by atoms with van der Waals surface area (Å²) in [7, 11) is -2.88. The number of carbonyl (C=O) groups is 1. The second-order valence-electron chi connectivity index (χ2n) is 18.9. The number of aromatic nitrogens is 1. The second kappa shape index (κ2) is 20.9. The van der Waals surface area contributed by atoms with Crippen LogP contribution in [0.3, 0.4) is 0 Å². The number of ether oxygens (including phenoxy) is 4. The number of hydrogen-bond donors (Lipinski definition) is 2. The maximum absolute atomic E-state index is 13.5. The minimum Gasteiger partial charge on any atom is -1.00 e. The van der Waals surface area contributed by atoms with E-state index in [1.165, 1.54) is 10.4 Å². The van der Waals surface area contributed by atoms with Crippen molar-refractivity contribution in [3.8, 4) is 0 Å². The van der Waals surface area contributed by atoms with Crippen LogP contribution in [0.25, 0.3) is 6.08 Å². The third-order valence-electron chi connectivity index (χ3n) is 13.1. The molecule has 0 spiro atoms. The topological polar surface area (TPSA) is 137 Å². The Labute approximate surface area is 375 Å². The fraction of sp³-hybridized carbons (Fsp3) is 0.520. The van der Waals surface area contributed by atoms with Gasteiger partial charge in [0.15, 0.2) is 0 Å². The molecule has 1 aromatic heterocycles. The summed E-state index contributed by atoms with van der Waals surface area (Å²) in [5.74, 6) is -0.135. The molecule has 3 saturated heterocycles. The van der Waals surface area contributed by atoms with Crippen LogP contribution in [0.2, 0.25) is 5.04 Å². The molecule has 3 aromatic rings. The predicted octanol–water partition coefficient (Wildman–Crippen LogP) is 4.20. The summed E-state index contributed by atoms with van der Waals surface area (Å²) in [4.78, 5) is 18.4. The Morgan fingerprint density at radius 2 is 1.58 bits per heavy atom. The van der Waals surface area contributed by atoms with Crippen LogP contribution in [0.5, 0.6) is 0 Å². The van der Waals surface area contributed by atoms with Crippen LogP contribution in [0.4, 0.5) is 0 Å². The first-order chi connectivity index (χ1) is 29.2. The number of oxazole rings is 1. The number of esters is 1. The molecule has 0 amide bonds. The lowest BCUT2D eigenvalue weighted by molar-refractivity contribution is -0.408. The Hall–Kier alpha value is -3.65. The SMILES string of the molecule is C=C1C[C@@H]2C[C@@H]3C[C@@H](O[Si](c4ccccc4)(c4ccccc4)C(C)(C)C)C[C@@H](O3)c3coc(n3)/C=C/C[C@H]3O[C@@H](/C(C)=C/[C@@H]([NH3+])CO)[C@H](C)[C@@H](OC(=O)/C=C\C[C@@H](C1)O2)[C@H]3C.[Cl-]. The highest BCUT2D eigenvalue weighted by Crippen LogP contribution is 2.43. The van der Waals surface area contributed by atoms with E-state index >= 15 is 0 Å². The lowest BCUT2D eigenvalue weighted by Crippen LogP contribution is -3.00. The van der Waals surface area contributed by atoms with Gasteiger partial charge >= 0.3 is 5.97 Å². The summed E-state index contributed by atoms with van der Waals surface area (Å²) in [5, 5.41) is 12.0. The van der Waals surface area contributed by atoms with Crippen LogP contribution in [0, 0.1) is 11.8 Å². The van der Waals surface area contributed by atoms with Gasteiger partial charge in [-0.3, -0.25) is 0 Å². The smallest absolute Gasteiger partial charge is 0.330 e. The lowest BCUT2D eigenvalue weighted by Gasteiger charge is -2.47. The molecule has 0 radical (unpaired) electrons. The quantitative estimate of drug-likeness (QED) is 0.203. The zero-order chi connectivity index (χ0) is 43.3. The molecule has 12 heteroatoms. The number of halogens is 1. The molecule has 0 saturated carbocycles. The molecule has 2 aromatic carbocycles. The van der Waals surface area contributed by atoms with E-state index in [9.17, 15) is 9.90 Å². The fourth-order valence-electron chi connectivity index (χ4n) is 10.2. The Kier molecular flexibility index (Phi) is 16.1. The van der Waals surface area contributed by atoms with Crippen molar-refractivity contribution in [2.24, 2.45) is 11.8 Å². The maximum Gasteiger partial charge on any atom is 0.330 e. The Morgan fingerprint density at radius 1 is 0.919 bits per heavy atom. The van der Waals surface area contributed by atoms with Crippen molar-refractivity contribution < 1.29 is 55.8 Å². The van der Waals surface area contributed by atoms with Crippen molar-refractivity contribution >= 4 is 30.7 Å². The number of benzene rings is 2. The molecule has 4 aliphatic rings.